The van der Waals surface area contributed by atoms with E-state index in [9.17, 15) is 22.8 Å². The molecule has 1 amide bonds. The van der Waals surface area contributed by atoms with Crippen molar-refractivity contribution in [1.29, 1.82) is 0 Å². The van der Waals surface area contributed by atoms with Gasteiger partial charge in [0.15, 0.2) is 0 Å². The van der Waals surface area contributed by atoms with Crippen LogP contribution in [-0.4, -0.2) is 32.8 Å². The highest BCUT2D eigenvalue weighted by Crippen LogP contribution is 2.34. The van der Waals surface area contributed by atoms with Gasteiger partial charge in [0.25, 0.3) is 0 Å². The van der Waals surface area contributed by atoms with E-state index in [2.05, 4.69) is 10.4 Å². The molecule has 2 aromatic rings. The number of nitrogens with one attached hydrogen (secondary N) is 1. The zero-order chi connectivity index (χ0) is 22.1. The molecule has 1 heterocycles. The minimum absolute atomic E-state index is 0.00188. The molecule has 9 heteroatoms. The molecule has 0 bridgehead atoms. The first-order chi connectivity index (χ1) is 14.1. The van der Waals surface area contributed by atoms with E-state index in [0.717, 1.165) is 29.1 Å². The second-order valence-corrected chi connectivity index (χ2v) is 7.34. The smallest absolute Gasteiger partial charge is 0.416 e. The van der Waals surface area contributed by atoms with E-state index in [1.165, 1.54) is 12.1 Å². The highest BCUT2D eigenvalue weighted by atomic mass is 19.4. The molecule has 1 aromatic heterocycles. The Labute approximate surface area is 171 Å². The van der Waals surface area contributed by atoms with Crippen LogP contribution in [0, 0.1) is 13.8 Å². The van der Waals surface area contributed by atoms with Gasteiger partial charge < -0.3 is 10.4 Å². The third-order valence-corrected chi connectivity index (χ3v) is 5.15. The number of carboxylic acid groups (broad SMARTS) is 1. The van der Waals surface area contributed by atoms with Gasteiger partial charge in [-0.05, 0) is 44.5 Å². The summed E-state index contributed by atoms with van der Waals surface area (Å²) in [4.78, 5) is 22.4. The maximum absolute atomic E-state index is 12.8. The fourth-order valence-electron chi connectivity index (χ4n) is 3.75. The maximum atomic E-state index is 12.8. The largest absolute Gasteiger partial charge is 0.481 e. The molecule has 2 N–H and O–H groups in total. The molecule has 0 radical (unpaired) electrons. The number of halogens is 3. The van der Waals surface area contributed by atoms with Crippen LogP contribution in [0.2, 0.25) is 0 Å². The number of allylic oxidation sites excluding steroid dienone is 1. The van der Waals surface area contributed by atoms with Crippen LogP contribution in [0.4, 0.5) is 13.2 Å². The van der Waals surface area contributed by atoms with Crippen LogP contribution >= 0.6 is 0 Å². The lowest BCUT2D eigenvalue weighted by atomic mass is 9.96. The van der Waals surface area contributed by atoms with Gasteiger partial charge in [0.2, 0.25) is 5.91 Å². The van der Waals surface area contributed by atoms with E-state index in [-0.39, 0.29) is 30.7 Å². The lowest BCUT2D eigenvalue weighted by Crippen LogP contribution is -2.32. The molecule has 1 aliphatic carbocycles. The highest BCUT2D eigenvalue weighted by molar-refractivity contribution is 5.81. The van der Waals surface area contributed by atoms with Gasteiger partial charge in [0.1, 0.15) is 0 Å². The van der Waals surface area contributed by atoms with Crippen LogP contribution in [-0.2, 0) is 15.8 Å². The van der Waals surface area contributed by atoms with Gasteiger partial charge in [0, 0.05) is 29.6 Å². The number of benzene rings is 1. The first kappa shape index (κ1) is 21.6. The molecule has 3 rings (SSSR count). The molecular formula is C21H22F3N3O3. The normalized spacial score (nSPS) is 18.6. The SMILES string of the molecule is Cc1nn(-c2ccc(C(F)(F)F)cc2)c(C)c1[C@@H]1C=C[C@@H](NC(=O)CCC(=O)O)C1. The predicted molar refractivity (Wildman–Crippen MR) is 103 cm³/mol. The van der Waals surface area contributed by atoms with Gasteiger partial charge >= 0.3 is 12.1 Å². The summed E-state index contributed by atoms with van der Waals surface area (Å²) in [7, 11) is 0. The lowest BCUT2D eigenvalue weighted by Gasteiger charge is -2.15. The van der Waals surface area contributed by atoms with E-state index < -0.39 is 17.7 Å². The number of hydrogen-bond donors (Lipinski definition) is 2. The first-order valence-electron chi connectivity index (χ1n) is 9.49. The fraction of sp³-hybridized carbons (Fsp3) is 0.381. The molecular weight excluding hydrogens is 399 g/mol. The molecule has 0 saturated heterocycles. The van der Waals surface area contributed by atoms with Gasteiger partial charge in [-0.2, -0.15) is 18.3 Å². The number of rotatable bonds is 6. The van der Waals surface area contributed by atoms with E-state index in [1.807, 2.05) is 26.0 Å². The molecule has 0 unspecified atom stereocenters. The summed E-state index contributed by atoms with van der Waals surface area (Å²) in [5.74, 6) is -1.34. The van der Waals surface area contributed by atoms with Crippen molar-refractivity contribution in [3.8, 4) is 5.69 Å². The van der Waals surface area contributed by atoms with Crippen molar-refractivity contribution in [3.63, 3.8) is 0 Å². The minimum atomic E-state index is -4.39. The van der Waals surface area contributed by atoms with Crippen molar-refractivity contribution in [2.75, 3.05) is 0 Å². The number of aryl methyl sites for hydroxylation is 1. The van der Waals surface area contributed by atoms with Crippen molar-refractivity contribution in [2.24, 2.45) is 0 Å². The molecule has 2 atom stereocenters. The Morgan fingerprint density at radius 1 is 1.17 bits per heavy atom. The number of carbonyl (C=O) groups is 2. The lowest BCUT2D eigenvalue weighted by molar-refractivity contribution is -0.139. The number of aliphatic carboxylic acids is 1. The second kappa shape index (κ2) is 8.33. The Bertz CT molecular complexity index is 978. The Hall–Kier alpha value is -3.10. The predicted octanol–water partition coefficient (Wildman–Crippen LogP) is 3.90. The summed E-state index contributed by atoms with van der Waals surface area (Å²) in [5, 5.41) is 16.0. The van der Waals surface area contributed by atoms with E-state index in [0.29, 0.717) is 12.1 Å². The van der Waals surface area contributed by atoms with Crippen LogP contribution in [0.3, 0.4) is 0 Å². The van der Waals surface area contributed by atoms with E-state index >= 15 is 0 Å². The van der Waals surface area contributed by atoms with Crippen molar-refractivity contribution in [3.05, 3.63) is 58.9 Å². The average Bonchev–Trinajstić information content (AvgIpc) is 3.23. The molecule has 0 spiro atoms. The molecule has 1 aliphatic rings. The number of carboxylic acids is 1. The van der Waals surface area contributed by atoms with Gasteiger partial charge in [-0.25, -0.2) is 4.68 Å². The molecule has 1 aromatic carbocycles. The molecule has 30 heavy (non-hydrogen) atoms. The maximum Gasteiger partial charge on any atom is 0.416 e. The van der Waals surface area contributed by atoms with Crippen molar-refractivity contribution in [1.82, 2.24) is 15.1 Å². The number of amides is 1. The summed E-state index contributed by atoms with van der Waals surface area (Å²) < 4.78 is 40.0. The van der Waals surface area contributed by atoms with E-state index in [1.54, 1.807) is 4.68 Å². The fourth-order valence-corrected chi connectivity index (χ4v) is 3.75. The van der Waals surface area contributed by atoms with Crippen molar-refractivity contribution >= 4 is 11.9 Å². The van der Waals surface area contributed by atoms with Gasteiger partial charge in [-0.15, -0.1) is 0 Å². The van der Waals surface area contributed by atoms with Crippen molar-refractivity contribution < 1.29 is 27.9 Å². The number of alkyl halides is 3. The molecule has 0 aliphatic heterocycles. The number of hydrogen-bond acceptors (Lipinski definition) is 3. The van der Waals surface area contributed by atoms with Gasteiger partial charge in [-0.3, -0.25) is 9.59 Å². The molecule has 0 fully saturated rings. The summed E-state index contributed by atoms with van der Waals surface area (Å²) in [6.45, 7) is 3.70. The summed E-state index contributed by atoms with van der Waals surface area (Å²) >= 11 is 0. The number of carbonyl (C=O) groups excluding carboxylic acids is 1. The summed E-state index contributed by atoms with van der Waals surface area (Å²) in [6.07, 6.45) is -0.234. The topological polar surface area (TPSA) is 84.2 Å². The third-order valence-electron chi connectivity index (χ3n) is 5.15. The Kier molecular flexibility index (Phi) is 6.00. The first-order valence-corrected chi connectivity index (χ1v) is 9.49. The Morgan fingerprint density at radius 2 is 1.83 bits per heavy atom. The molecule has 160 valence electrons. The average molecular weight is 421 g/mol. The quantitative estimate of drug-likeness (QED) is 0.693. The summed E-state index contributed by atoms with van der Waals surface area (Å²) in [6, 6.07) is 4.64. The molecule has 6 nitrogen and oxygen atoms in total. The van der Waals surface area contributed by atoms with Crippen LogP contribution in [0.1, 0.15) is 47.7 Å². The Balaban J connectivity index is 1.73. The van der Waals surface area contributed by atoms with Gasteiger partial charge in [-0.1, -0.05) is 12.2 Å². The second-order valence-electron chi connectivity index (χ2n) is 7.34. The van der Waals surface area contributed by atoms with Crippen LogP contribution in [0.5, 0.6) is 0 Å². The minimum Gasteiger partial charge on any atom is -0.481 e. The Morgan fingerprint density at radius 3 is 2.43 bits per heavy atom. The van der Waals surface area contributed by atoms with Gasteiger partial charge in [0.05, 0.1) is 23.4 Å². The van der Waals surface area contributed by atoms with Crippen LogP contribution < -0.4 is 5.32 Å². The van der Waals surface area contributed by atoms with Crippen LogP contribution in [0.25, 0.3) is 5.69 Å². The molecule has 0 saturated carbocycles. The standard InChI is InChI=1S/C21H22F3N3O3/c1-12-20(14-3-6-16(11-14)25-18(28)9-10-19(29)30)13(2)27(26-12)17-7-4-15(5-8-17)21(22,23)24/h3-8,14,16H,9-11H2,1-2H3,(H,25,28)(H,29,30)/t14-,16-/m1/s1. The number of nitrogens with zero attached hydrogens (tertiary/aromatic N) is 2. The zero-order valence-electron chi connectivity index (χ0n) is 16.5. The van der Waals surface area contributed by atoms with Crippen molar-refractivity contribution in [2.45, 2.75) is 51.2 Å². The third kappa shape index (κ3) is 4.72. The zero-order valence-corrected chi connectivity index (χ0v) is 16.5. The van der Waals surface area contributed by atoms with E-state index in [4.69, 9.17) is 5.11 Å². The highest BCUT2D eigenvalue weighted by Gasteiger charge is 2.30. The summed E-state index contributed by atoms with van der Waals surface area (Å²) in [5.41, 5.74) is 2.37. The monoisotopic (exact) mass is 421 g/mol. The van der Waals surface area contributed by atoms with Crippen LogP contribution in [0.15, 0.2) is 36.4 Å². The number of aromatic nitrogens is 2.